The highest BCUT2D eigenvalue weighted by Gasteiger charge is 2.37. The van der Waals surface area contributed by atoms with Crippen molar-refractivity contribution in [3.63, 3.8) is 0 Å². The number of hydrogen-bond donors (Lipinski definition) is 2. The van der Waals surface area contributed by atoms with E-state index in [1.165, 1.54) is 4.90 Å². The van der Waals surface area contributed by atoms with Crippen LogP contribution >= 0.6 is 0 Å². The Bertz CT molecular complexity index is 2800. The lowest BCUT2D eigenvalue weighted by Crippen LogP contribution is -2.42. The smallest absolute Gasteiger partial charge is 0.261 e. The maximum atomic E-state index is 14.0. The molecule has 0 aliphatic carbocycles. The molecule has 0 atom stereocenters. The van der Waals surface area contributed by atoms with E-state index < -0.39 is 29.5 Å². The number of imide groups is 3. The van der Waals surface area contributed by atoms with Crippen LogP contribution in [0, 0.1) is 0 Å². The van der Waals surface area contributed by atoms with Crippen LogP contribution in [0.5, 0.6) is 0 Å². The van der Waals surface area contributed by atoms with E-state index in [-0.39, 0.29) is 69.4 Å². The normalized spacial score (nSPS) is 13.8. The standard InChI is InChI=1S/C52H40N6O9/c59-44(35-19-13-32(14-20-35)29-56-47(62)38-7-1-2-8-39(38)48(56)63)53-25-27-55(46(61)37-23-17-34(18-24-37)31-58-51(66)42-11-5-6-12-43(42)52(58)67)28-26-54-45(60)36-21-15-33(16-22-36)30-57-49(64)40-9-3-4-10-41(40)50(57)65/h1-24H,25-31H2,(H,53,59)(H,54,60). The molecule has 67 heavy (non-hydrogen) atoms. The Morgan fingerprint density at radius 2 is 0.612 bits per heavy atom. The summed E-state index contributed by atoms with van der Waals surface area (Å²) in [4.78, 5) is 123. The van der Waals surface area contributed by atoms with Gasteiger partial charge in [0.2, 0.25) is 0 Å². The third-order valence-corrected chi connectivity index (χ3v) is 11.9. The largest absolute Gasteiger partial charge is 0.350 e. The van der Waals surface area contributed by atoms with Crippen LogP contribution in [-0.4, -0.2) is 98.9 Å². The number of carbonyl (C=O) groups excluding carboxylic acids is 9. The molecule has 0 unspecified atom stereocenters. The van der Waals surface area contributed by atoms with Crippen molar-refractivity contribution in [2.75, 3.05) is 26.2 Å². The van der Waals surface area contributed by atoms with Gasteiger partial charge in [-0.2, -0.15) is 0 Å². The fraction of sp³-hybridized carbons (Fsp3) is 0.135. The third kappa shape index (κ3) is 8.60. The average Bonchev–Trinajstić information content (AvgIpc) is 3.85. The van der Waals surface area contributed by atoms with Gasteiger partial charge >= 0.3 is 0 Å². The van der Waals surface area contributed by atoms with Crippen LogP contribution in [0.3, 0.4) is 0 Å². The molecule has 0 aromatic heterocycles. The minimum absolute atomic E-state index is 0.0100. The maximum absolute atomic E-state index is 14.0. The molecule has 332 valence electrons. The molecule has 15 nitrogen and oxygen atoms in total. The summed E-state index contributed by atoms with van der Waals surface area (Å²) < 4.78 is 0. The molecular formula is C52H40N6O9. The monoisotopic (exact) mass is 892 g/mol. The van der Waals surface area contributed by atoms with Crippen LogP contribution in [0.4, 0.5) is 0 Å². The molecule has 6 aromatic rings. The fourth-order valence-electron chi connectivity index (χ4n) is 8.28. The summed E-state index contributed by atoms with van der Waals surface area (Å²) in [7, 11) is 0. The molecule has 0 fully saturated rings. The summed E-state index contributed by atoms with van der Waals surface area (Å²) in [6, 6.07) is 39.4. The van der Waals surface area contributed by atoms with Crippen LogP contribution in [0.1, 0.15) is 110 Å². The van der Waals surface area contributed by atoms with Crippen LogP contribution in [0.2, 0.25) is 0 Å². The summed E-state index contributed by atoms with van der Waals surface area (Å²) >= 11 is 0. The van der Waals surface area contributed by atoms with Crippen molar-refractivity contribution in [3.8, 4) is 0 Å². The zero-order valence-electron chi connectivity index (χ0n) is 35.8. The highest BCUT2D eigenvalue weighted by atomic mass is 16.2. The van der Waals surface area contributed by atoms with Gasteiger partial charge < -0.3 is 15.5 Å². The minimum Gasteiger partial charge on any atom is -0.350 e. The molecule has 0 saturated carbocycles. The van der Waals surface area contributed by atoms with Crippen molar-refractivity contribution in [2.24, 2.45) is 0 Å². The van der Waals surface area contributed by atoms with Gasteiger partial charge in [-0.3, -0.25) is 57.9 Å². The molecule has 9 rings (SSSR count). The zero-order valence-corrected chi connectivity index (χ0v) is 35.8. The van der Waals surface area contributed by atoms with Gasteiger partial charge in [-0.05, 0) is 89.5 Å². The first-order valence-electron chi connectivity index (χ1n) is 21.4. The van der Waals surface area contributed by atoms with Crippen LogP contribution in [-0.2, 0) is 19.6 Å². The van der Waals surface area contributed by atoms with Crippen molar-refractivity contribution in [1.29, 1.82) is 0 Å². The Morgan fingerprint density at radius 3 is 0.881 bits per heavy atom. The topological polar surface area (TPSA) is 191 Å². The summed E-state index contributed by atoms with van der Waals surface area (Å²) in [5.74, 6) is -3.56. The Labute approximate surface area is 383 Å². The zero-order chi connectivity index (χ0) is 46.8. The first-order chi connectivity index (χ1) is 32.5. The highest BCUT2D eigenvalue weighted by Crippen LogP contribution is 2.27. The molecule has 0 saturated heterocycles. The maximum Gasteiger partial charge on any atom is 0.261 e. The van der Waals surface area contributed by atoms with Gasteiger partial charge in [-0.1, -0.05) is 72.8 Å². The second-order valence-corrected chi connectivity index (χ2v) is 16.1. The number of nitrogens with one attached hydrogen (secondary N) is 2. The quantitative estimate of drug-likeness (QED) is 0.128. The van der Waals surface area contributed by atoms with E-state index >= 15 is 0 Å². The van der Waals surface area contributed by atoms with Crippen LogP contribution < -0.4 is 10.6 Å². The van der Waals surface area contributed by atoms with Gasteiger partial charge in [0.25, 0.3) is 53.2 Å². The number of amides is 9. The van der Waals surface area contributed by atoms with E-state index in [1.54, 1.807) is 146 Å². The van der Waals surface area contributed by atoms with E-state index in [0.29, 0.717) is 66.8 Å². The lowest BCUT2D eigenvalue weighted by atomic mass is 10.1. The molecule has 3 aliphatic heterocycles. The van der Waals surface area contributed by atoms with Crippen molar-refractivity contribution in [3.05, 3.63) is 212 Å². The molecule has 0 radical (unpaired) electrons. The van der Waals surface area contributed by atoms with E-state index in [2.05, 4.69) is 10.6 Å². The minimum atomic E-state index is -0.419. The van der Waals surface area contributed by atoms with Crippen molar-refractivity contribution in [1.82, 2.24) is 30.2 Å². The summed E-state index contributed by atoms with van der Waals surface area (Å²) in [5, 5.41) is 5.67. The van der Waals surface area contributed by atoms with E-state index in [4.69, 9.17) is 0 Å². The summed E-state index contributed by atoms with van der Waals surface area (Å²) in [6.45, 7) is 0.286. The van der Waals surface area contributed by atoms with Gasteiger partial charge in [-0.25, -0.2) is 0 Å². The molecule has 0 bridgehead atoms. The Balaban J connectivity index is 0.825. The van der Waals surface area contributed by atoms with Crippen molar-refractivity contribution < 1.29 is 43.2 Å². The average molecular weight is 893 g/mol. The van der Waals surface area contributed by atoms with E-state index in [1.807, 2.05) is 0 Å². The van der Waals surface area contributed by atoms with Gasteiger partial charge in [0, 0.05) is 42.9 Å². The van der Waals surface area contributed by atoms with Gasteiger partial charge in [0.1, 0.15) is 0 Å². The number of benzene rings is 6. The lowest BCUT2D eigenvalue weighted by molar-refractivity contribution is 0.0627. The number of hydrogen-bond acceptors (Lipinski definition) is 9. The molecular weight excluding hydrogens is 853 g/mol. The third-order valence-electron chi connectivity index (χ3n) is 11.9. The molecule has 2 N–H and O–H groups in total. The predicted molar refractivity (Wildman–Crippen MR) is 242 cm³/mol. The Kier molecular flexibility index (Phi) is 11.9. The molecule has 0 spiro atoms. The predicted octanol–water partition coefficient (Wildman–Crippen LogP) is 5.38. The molecule has 3 aliphatic rings. The van der Waals surface area contributed by atoms with Crippen LogP contribution in [0.15, 0.2) is 146 Å². The van der Waals surface area contributed by atoms with Gasteiger partial charge in [-0.15, -0.1) is 0 Å². The molecule has 9 amide bonds. The number of nitrogens with zero attached hydrogens (tertiary/aromatic N) is 4. The Morgan fingerprint density at radius 1 is 0.358 bits per heavy atom. The second kappa shape index (κ2) is 18.3. The number of rotatable bonds is 15. The SMILES string of the molecule is O=C(NCCN(CCNC(=O)c1ccc(CN2C(=O)c3ccccc3C2=O)cc1)C(=O)c1ccc(CN2C(=O)c3ccccc3C2=O)cc1)c1ccc(CN2C(=O)c3ccccc3C2=O)cc1. The molecule has 3 heterocycles. The fourth-order valence-corrected chi connectivity index (χ4v) is 8.28. The number of carbonyl (C=O) groups is 9. The first kappa shape index (κ1) is 43.4. The summed E-state index contributed by atoms with van der Waals surface area (Å²) in [6.07, 6.45) is 0. The van der Waals surface area contributed by atoms with E-state index in [9.17, 15) is 43.2 Å². The lowest BCUT2D eigenvalue weighted by Gasteiger charge is -2.24. The number of fused-ring (bicyclic) bond motifs is 3. The van der Waals surface area contributed by atoms with Crippen LogP contribution in [0.25, 0.3) is 0 Å². The van der Waals surface area contributed by atoms with Gasteiger partial charge in [0.05, 0.1) is 53.0 Å². The van der Waals surface area contributed by atoms with Crippen molar-refractivity contribution in [2.45, 2.75) is 19.6 Å². The Hall–Kier alpha value is -8.85. The summed E-state index contributed by atoms with van der Waals surface area (Å²) in [5.41, 5.74) is 4.93. The molecule has 6 aromatic carbocycles. The second-order valence-electron chi connectivity index (χ2n) is 16.1. The highest BCUT2D eigenvalue weighted by molar-refractivity contribution is 6.22. The van der Waals surface area contributed by atoms with Gasteiger partial charge in [0.15, 0.2) is 0 Å². The van der Waals surface area contributed by atoms with Crippen molar-refractivity contribution >= 4 is 53.2 Å². The molecule has 15 heteroatoms. The first-order valence-corrected chi connectivity index (χ1v) is 21.4. The van der Waals surface area contributed by atoms with E-state index in [0.717, 1.165) is 14.7 Å².